The quantitative estimate of drug-likeness (QED) is 0.827. The second-order valence-corrected chi connectivity index (χ2v) is 3.85. The fourth-order valence-electron chi connectivity index (χ4n) is 1.24. The first-order chi connectivity index (χ1) is 7.06. The Morgan fingerprint density at radius 3 is 2.53 bits per heavy atom. The molecule has 0 radical (unpaired) electrons. The van der Waals surface area contributed by atoms with Crippen LogP contribution in [0.1, 0.15) is 17.9 Å². The lowest BCUT2D eigenvalue weighted by molar-refractivity contribution is -0.121. The van der Waals surface area contributed by atoms with Crippen molar-refractivity contribution in [3.63, 3.8) is 0 Å². The molecular formula is C10H9Cl2NO2. The minimum Gasteiger partial charge on any atom is -0.369 e. The first-order valence-corrected chi connectivity index (χ1v) is 4.99. The molecule has 0 heterocycles. The van der Waals surface area contributed by atoms with Gasteiger partial charge < -0.3 is 10.5 Å². The van der Waals surface area contributed by atoms with Crippen molar-refractivity contribution in [1.29, 1.82) is 0 Å². The van der Waals surface area contributed by atoms with Gasteiger partial charge in [-0.1, -0.05) is 29.3 Å². The van der Waals surface area contributed by atoms with E-state index in [1.807, 2.05) is 0 Å². The van der Waals surface area contributed by atoms with E-state index < -0.39 is 11.8 Å². The van der Waals surface area contributed by atoms with Gasteiger partial charge >= 0.3 is 0 Å². The van der Waals surface area contributed by atoms with Crippen LogP contribution in [0.2, 0.25) is 10.0 Å². The number of nitrogens with two attached hydrogens (primary N) is 1. The van der Waals surface area contributed by atoms with Gasteiger partial charge in [-0.2, -0.15) is 0 Å². The summed E-state index contributed by atoms with van der Waals surface area (Å²) in [6.07, 6.45) is 0.700. The Labute approximate surface area is 97.2 Å². The highest BCUT2D eigenvalue weighted by Crippen LogP contribution is 2.27. The molecule has 80 valence electrons. The Morgan fingerprint density at radius 2 is 2.07 bits per heavy atom. The molecule has 0 bridgehead atoms. The zero-order chi connectivity index (χ0) is 11.4. The first-order valence-electron chi connectivity index (χ1n) is 4.24. The SMILES string of the molecule is NC(=O)C(CC=O)c1ccc(Cl)c(Cl)c1. The molecule has 0 aromatic heterocycles. The maximum Gasteiger partial charge on any atom is 0.225 e. The third-order valence-electron chi connectivity index (χ3n) is 2.02. The van der Waals surface area contributed by atoms with Crippen LogP contribution in [0.3, 0.4) is 0 Å². The molecule has 1 amide bonds. The number of aldehydes is 1. The summed E-state index contributed by atoms with van der Waals surface area (Å²) >= 11 is 11.5. The van der Waals surface area contributed by atoms with Crippen molar-refractivity contribution in [3.8, 4) is 0 Å². The third-order valence-corrected chi connectivity index (χ3v) is 2.76. The molecule has 5 heteroatoms. The molecule has 0 saturated heterocycles. The van der Waals surface area contributed by atoms with Gasteiger partial charge in [-0.3, -0.25) is 4.79 Å². The van der Waals surface area contributed by atoms with Gasteiger partial charge in [-0.15, -0.1) is 0 Å². The van der Waals surface area contributed by atoms with Gasteiger partial charge in [0.2, 0.25) is 5.91 Å². The Kier molecular flexibility index (Phi) is 4.12. The van der Waals surface area contributed by atoms with E-state index in [9.17, 15) is 9.59 Å². The number of carbonyl (C=O) groups is 2. The van der Waals surface area contributed by atoms with Crippen molar-refractivity contribution < 1.29 is 9.59 Å². The van der Waals surface area contributed by atoms with Crippen LogP contribution in [0.15, 0.2) is 18.2 Å². The monoisotopic (exact) mass is 245 g/mol. The van der Waals surface area contributed by atoms with Gasteiger partial charge in [0.1, 0.15) is 6.29 Å². The fraction of sp³-hybridized carbons (Fsp3) is 0.200. The smallest absolute Gasteiger partial charge is 0.225 e. The Balaban J connectivity index is 3.06. The molecule has 0 spiro atoms. The molecule has 1 aromatic carbocycles. The van der Waals surface area contributed by atoms with Gasteiger partial charge in [0.25, 0.3) is 0 Å². The molecule has 1 rings (SSSR count). The van der Waals surface area contributed by atoms with Crippen LogP contribution in [0.25, 0.3) is 0 Å². The van der Waals surface area contributed by atoms with Crippen molar-refractivity contribution in [3.05, 3.63) is 33.8 Å². The predicted octanol–water partition coefficient (Wildman–Crippen LogP) is 2.15. The highest BCUT2D eigenvalue weighted by atomic mass is 35.5. The van der Waals surface area contributed by atoms with Crippen LogP contribution < -0.4 is 5.73 Å². The molecule has 1 unspecified atom stereocenters. The summed E-state index contributed by atoms with van der Waals surface area (Å²) in [4.78, 5) is 21.5. The lowest BCUT2D eigenvalue weighted by Gasteiger charge is -2.11. The van der Waals surface area contributed by atoms with E-state index in [1.165, 1.54) is 0 Å². The summed E-state index contributed by atoms with van der Waals surface area (Å²) in [5.41, 5.74) is 5.77. The molecule has 1 aromatic rings. The summed E-state index contributed by atoms with van der Waals surface area (Å²) < 4.78 is 0. The number of halogens is 2. The van der Waals surface area contributed by atoms with E-state index in [-0.39, 0.29) is 6.42 Å². The Bertz CT molecular complexity index is 393. The van der Waals surface area contributed by atoms with Crippen LogP contribution in [0, 0.1) is 0 Å². The fourth-order valence-corrected chi connectivity index (χ4v) is 1.55. The second-order valence-electron chi connectivity index (χ2n) is 3.03. The number of benzene rings is 1. The molecule has 0 saturated carbocycles. The highest BCUT2D eigenvalue weighted by Gasteiger charge is 2.17. The van der Waals surface area contributed by atoms with Gasteiger partial charge in [0.05, 0.1) is 16.0 Å². The number of rotatable bonds is 4. The molecule has 0 aliphatic rings. The maximum absolute atomic E-state index is 11.1. The minimum absolute atomic E-state index is 0.0489. The average Bonchev–Trinajstić information content (AvgIpc) is 2.18. The van der Waals surface area contributed by atoms with Gasteiger partial charge in [0.15, 0.2) is 0 Å². The molecular weight excluding hydrogens is 237 g/mol. The van der Waals surface area contributed by atoms with Crippen molar-refractivity contribution in [1.82, 2.24) is 0 Å². The maximum atomic E-state index is 11.1. The molecule has 0 aliphatic carbocycles. The van der Waals surface area contributed by atoms with Crippen molar-refractivity contribution >= 4 is 35.4 Å². The van der Waals surface area contributed by atoms with Gasteiger partial charge in [0, 0.05) is 6.42 Å². The summed E-state index contributed by atoms with van der Waals surface area (Å²) in [5, 5.41) is 0.737. The summed E-state index contributed by atoms with van der Waals surface area (Å²) in [7, 11) is 0. The lowest BCUT2D eigenvalue weighted by atomic mass is 9.96. The van der Waals surface area contributed by atoms with E-state index >= 15 is 0 Å². The zero-order valence-electron chi connectivity index (χ0n) is 7.74. The number of carbonyl (C=O) groups excluding carboxylic acids is 2. The molecule has 0 fully saturated rings. The van der Waals surface area contributed by atoms with Crippen LogP contribution in [-0.2, 0) is 9.59 Å². The Morgan fingerprint density at radius 1 is 1.40 bits per heavy atom. The first kappa shape index (κ1) is 12.0. The molecule has 1 atom stereocenters. The van der Waals surface area contributed by atoms with Gasteiger partial charge in [-0.25, -0.2) is 0 Å². The number of amides is 1. The summed E-state index contributed by atoms with van der Waals surface area (Å²) in [6, 6.07) is 4.75. The molecule has 0 aliphatic heterocycles. The number of hydrogen-bond donors (Lipinski definition) is 1. The standard InChI is InChI=1S/C10H9Cl2NO2/c11-8-2-1-6(5-9(8)12)7(3-4-14)10(13)15/h1-2,4-5,7H,3H2,(H2,13,15). The lowest BCUT2D eigenvalue weighted by Crippen LogP contribution is -2.21. The summed E-state index contributed by atoms with van der Waals surface area (Å²) in [6.45, 7) is 0. The normalized spacial score (nSPS) is 12.1. The van der Waals surface area contributed by atoms with E-state index in [0.29, 0.717) is 21.9 Å². The highest BCUT2D eigenvalue weighted by molar-refractivity contribution is 6.42. The van der Waals surface area contributed by atoms with Gasteiger partial charge in [-0.05, 0) is 17.7 Å². The largest absolute Gasteiger partial charge is 0.369 e. The molecule has 3 nitrogen and oxygen atoms in total. The summed E-state index contributed by atoms with van der Waals surface area (Å²) in [5.74, 6) is -1.20. The Hall–Kier alpha value is -1.06. The number of hydrogen-bond acceptors (Lipinski definition) is 2. The minimum atomic E-state index is -0.641. The molecule has 2 N–H and O–H groups in total. The van der Waals surface area contributed by atoms with E-state index in [1.54, 1.807) is 18.2 Å². The van der Waals surface area contributed by atoms with Crippen molar-refractivity contribution in [2.75, 3.05) is 0 Å². The van der Waals surface area contributed by atoms with Crippen molar-refractivity contribution in [2.45, 2.75) is 12.3 Å². The predicted molar refractivity (Wildman–Crippen MR) is 59.1 cm³/mol. The van der Waals surface area contributed by atoms with Crippen LogP contribution >= 0.6 is 23.2 Å². The van der Waals surface area contributed by atoms with E-state index in [2.05, 4.69) is 0 Å². The van der Waals surface area contributed by atoms with E-state index in [4.69, 9.17) is 28.9 Å². The average molecular weight is 246 g/mol. The van der Waals surface area contributed by atoms with Crippen LogP contribution in [-0.4, -0.2) is 12.2 Å². The number of primary amides is 1. The van der Waals surface area contributed by atoms with Crippen molar-refractivity contribution in [2.24, 2.45) is 5.73 Å². The van der Waals surface area contributed by atoms with Crippen LogP contribution in [0.4, 0.5) is 0 Å². The second kappa shape index (κ2) is 5.14. The third kappa shape index (κ3) is 2.94. The van der Waals surface area contributed by atoms with Crippen LogP contribution in [0.5, 0.6) is 0 Å². The molecule has 15 heavy (non-hydrogen) atoms. The zero-order valence-corrected chi connectivity index (χ0v) is 9.26. The van der Waals surface area contributed by atoms with E-state index in [0.717, 1.165) is 0 Å². The topological polar surface area (TPSA) is 60.2 Å².